The maximum atomic E-state index is 13.2. The van der Waals surface area contributed by atoms with Crippen LogP contribution in [0.25, 0.3) is 10.9 Å². The molecule has 1 aliphatic rings. The summed E-state index contributed by atoms with van der Waals surface area (Å²) in [6.45, 7) is 2.98. The normalized spacial score (nSPS) is 14.7. The standard InChI is InChI=1S/C30H32F3N5O2/c1-39-26-16-24-25(17-27(26)40-2)36-29(35-23-11-13-38(14-12-23)19-20-7-4-3-5-8-20)37-28(24)34-18-21-9-6-10-22(15-21)30(31,32)33/h3-10,15-17,23H,11-14,18-19H2,1-2H3,(H2,34,35,36,37). The van der Waals surface area contributed by atoms with Crippen molar-refractivity contribution in [1.82, 2.24) is 14.9 Å². The number of nitrogens with one attached hydrogen (secondary N) is 2. The molecule has 2 heterocycles. The van der Waals surface area contributed by atoms with E-state index >= 15 is 0 Å². The molecule has 1 aliphatic heterocycles. The Morgan fingerprint density at radius 2 is 1.57 bits per heavy atom. The third-order valence-electron chi connectivity index (χ3n) is 7.09. The number of benzene rings is 3. The first kappa shape index (κ1) is 27.5. The summed E-state index contributed by atoms with van der Waals surface area (Å²) >= 11 is 0. The SMILES string of the molecule is COc1cc2nc(NC3CCN(Cc4ccccc4)CC3)nc(NCc3cccc(C(F)(F)F)c3)c2cc1OC. The average molecular weight is 552 g/mol. The highest BCUT2D eigenvalue weighted by molar-refractivity contribution is 5.92. The van der Waals surface area contributed by atoms with Crippen LogP contribution in [-0.2, 0) is 19.3 Å². The Morgan fingerprint density at radius 3 is 2.27 bits per heavy atom. The number of halogens is 3. The summed E-state index contributed by atoms with van der Waals surface area (Å²) in [4.78, 5) is 11.9. The topological polar surface area (TPSA) is 71.5 Å². The second kappa shape index (κ2) is 12.0. The van der Waals surface area contributed by atoms with E-state index in [1.54, 1.807) is 32.4 Å². The predicted molar refractivity (Wildman–Crippen MR) is 150 cm³/mol. The zero-order valence-electron chi connectivity index (χ0n) is 22.5. The van der Waals surface area contributed by atoms with E-state index in [0.29, 0.717) is 39.7 Å². The molecule has 7 nitrogen and oxygen atoms in total. The lowest BCUT2D eigenvalue weighted by atomic mass is 10.0. The number of alkyl halides is 3. The molecule has 0 radical (unpaired) electrons. The molecule has 2 N–H and O–H groups in total. The number of hydrogen-bond donors (Lipinski definition) is 2. The molecule has 1 saturated heterocycles. The maximum Gasteiger partial charge on any atom is 0.416 e. The first-order valence-electron chi connectivity index (χ1n) is 13.2. The Hall–Kier alpha value is -4.05. The summed E-state index contributed by atoms with van der Waals surface area (Å²) in [6, 6.07) is 19.4. The molecule has 10 heteroatoms. The van der Waals surface area contributed by atoms with E-state index in [2.05, 4.69) is 39.8 Å². The highest BCUT2D eigenvalue weighted by Crippen LogP contribution is 2.35. The van der Waals surface area contributed by atoms with Crippen LogP contribution in [0, 0.1) is 0 Å². The van der Waals surface area contributed by atoms with Gasteiger partial charge in [-0.05, 0) is 42.2 Å². The van der Waals surface area contributed by atoms with Crippen molar-refractivity contribution in [1.29, 1.82) is 0 Å². The van der Waals surface area contributed by atoms with Gasteiger partial charge < -0.3 is 20.1 Å². The molecule has 0 unspecified atom stereocenters. The van der Waals surface area contributed by atoms with Crippen LogP contribution in [-0.4, -0.2) is 48.2 Å². The van der Waals surface area contributed by atoms with Crippen LogP contribution in [0.1, 0.15) is 29.5 Å². The zero-order valence-corrected chi connectivity index (χ0v) is 22.5. The average Bonchev–Trinajstić information content (AvgIpc) is 2.96. The van der Waals surface area contributed by atoms with Crippen molar-refractivity contribution >= 4 is 22.7 Å². The second-order valence-electron chi connectivity index (χ2n) is 9.85. The van der Waals surface area contributed by atoms with E-state index < -0.39 is 11.7 Å². The molecule has 3 aromatic carbocycles. The Balaban J connectivity index is 1.35. The molecular weight excluding hydrogens is 519 g/mol. The minimum absolute atomic E-state index is 0.154. The van der Waals surface area contributed by atoms with E-state index in [9.17, 15) is 13.2 Å². The fourth-order valence-corrected chi connectivity index (χ4v) is 4.96. The zero-order chi connectivity index (χ0) is 28.1. The van der Waals surface area contributed by atoms with Gasteiger partial charge in [-0.2, -0.15) is 18.2 Å². The number of anilines is 2. The third-order valence-corrected chi connectivity index (χ3v) is 7.09. The third kappa shape index (κ3) is 6.56. The molecule has 0 aliphatic carbocycles. The molecule has 1 aromatic heterocycles. The summed E-state index contributed by atoms with van der Waals surface area (Å²) in [5.74, 6) is 1.98. The Kier molecular flexibility index (Phi) is 8.25. The molecule has 0 amide bonds. The first-order chi connectivity index (χ1) is 19.3. The molecule has 1 fully saturated rings. The van der Waals surface area contributed by atoms with E-state index in [1.807, 2.05) is 6.07 Å². The van der Waals surface area contributed by atoms with Crippen molar-refractivity contribution in [2.75, 3.05) is 37.9 Å². The number of piperidine rings is 1. The minimum atomic E-state index is -4.41. The van der Waals surface area contributed by atoms with Gasteiger partial charge >= 0.3 is 6.18 Å². The summed E-state index contributed by atoms with van der Waals surface area (Å²) in [5.41, 5.74) is 1.73. The van der Waals surface area contributed by atoms with Crippen LogP contribution in [0.4, 0.5) is 24.9 Å². The van der Waals surface area contributed by atoms with Gasteiger partial charge in [-0.3, -0.25) is 4.90 Å². The van der Waals surface area contributed by atoms with Crippen LogP contribution >= 0.6 is 0 Å². The van der Waals surface area contributed by atoms with Crippen LogP contribution in [0.5, 0.6) is 11.5 Å². The molecule has 0 atom stereocenters. The van der Waals surface area contributed by atoms with E-state index in [4.69, 9.17) is 19.4 Å². The Bertz CT molecular complexity index is 1440. The number of aromatic nitrogens is 2. The number of ether oxygens (including phenoxy) is 2. The lowest BCUT2D eigenvalue weighted by Gasteiger charge is -2.32. The minimum Gasteiger partial charge on any atom is -0.493 e. The summed E-state index contributed by atoms with van der Waals surface area (Å²) in [6.07, 6.45) is -2.53. The number of rotatable bonds is 9. The number of hydrogen-bond acceptors (Lipinski definition) is 7. The van der Waals surface area contributed by atoms with Gasteiger partial charge in [-0.1, -0.05) is 42.5 Å². The lowest BCUT2D eigenvalue weighted by Crippen LogP contribution is -2.39. The van der Waals surface area contributed by atoms with Gasteiger partial charge in [0.15, 0.2) is 11.5 Å². The smallest absolute Gasteiger partial charge is 0.416 e. The van der Waals surface area contributed by atoms with Crippen LogP contribution in [0.15, 0.2) is 66.7 Å². The van der Waals surface area contributed by atoms with Gasteiger partial charge in [0.2, 0.25) is 5.95 Å². The molecular formula is C30H32F3N5O2. The summed E-state index contributed by atoms with van der Waals surface area (Å²) < 4.78 is 50.6. The molecule has 40 heavy (non-hydrogen) atoms. The fraction of sp³-hybridized carbons (Fsp3) is 0.333. The van der Waals surface area contributed by atoms with Gasteiger partial charge in [0.1, 0.15) is 5.82 Å². The van der Waals surface area contributed by atoms with Crippen molar-refractivity contribution in [3.8, 4) is 11.5 Å². The van der Waals surface area contributed by atoms with Crippen LogP contribution < -0.4 is 20.1 Å². The van der Waals surface area contributed by atoms with Crippen LogP contribution in [0.2, 0.25) is 0 Å². The predicted octanol–water partition coefficient (Wildman–Crippen LogP) is 6.35. The van der Waals surface area contributed by atoms with Crippen molar-refractivity contribution < 1.29 is 22.6 Å². The monoisotopic (exact) mass is 551 g/mol. The quantitative estimate of drug-likeness (QED) is 0.251. The summed E-state index contributed by atoms with van der Waals surface area (Å²) in [7, 11) is 3.10. The molecule has 0 spiro atoms. The van der Waals surface area contributed by atoms with Gasteiger partial charge in [0.25, 0.3) is 0 Å². The lowest BCUT2D eigenvalue weighted by molar-refractivity contribution is -0.137. The second-order valence-corrected chi connectivity index (χ2v) is 9.85. The van der Waals surface area contributed by atoms with E-state index in [1.165, 1.54) is 11.6 Å². The van der Waals surface area contributed by atoms with Crippen molar-refractivity contribution in [3.63, 3.8) is 0 Å². The number of likely N-dealkylation sites (tertiary alicyclic amines) is 1. The molecule has 5 rings (SSSR count). The molecule has 0 saturated carbocycles. The first-order valence-corrected chi connectivity index (χ1v) is 13.2. The number of nitrogens with zero attached hydrogens (tertiary/aromatic N) is 3. The largest absolute Gasteiger partial charge is 0.493 e. The number of fused-ring (bicyclic) bond motifs is 1. The highest BCUT2D eigenvalue weighted by Gasteiger charge is 2.30. The van der Waals surface area contributed by atoms with E-state index in [-0.39, 0.29) is 12.6 Å². The number of methoxy groups -OCH3 is 2. The van der Waals surface area contributed by atoms with Crippen molar-refractivity contribution in [2.24, 2.45) is 0 Å². The maximum absolute atomic E-state index is 13.2. The summed E-state index contributed by atoms with van der Waals surface area (Å²) in [5, 5.41) is 7.38. The van der Waals surface area contributed by atoms with Gasteiger partial charge in [-0.25, -0.2) is 4.98 Å². The Morgan fingerprint density at radius 1 is 0.875 bits per heavy atom. The molecule has 4 aromatic rings. The molecule has 0 bridgehead atoms. The van der Waals surface area contributed by atoms with Gasteiger partial charge in [-0.15, -0.1) is 0 Å². The van der Waals surface area contributed by atoms with Crippen LogP contribution in [0.3, 0.4) is 0 Å². The fourth-order valence-electron chi connectivity index (χ4n) is 4.96. The molecule has 210 valence electrons. The van der Waals surface area contributed by atoms with E-state index in [0.717, 1.165) is 44.6 Å². The van der Waals surface area contributed by atoms with Gasteiger partial charge in [0.05, 0.1) is 25.3 Å². The highest BCUT2D eigenvalue weighted by atomic mass is 19.4. The van der Waals surface area contributed by atoms with Crippen molar-refractivity contribution in [3.05, 3.63) is 83.4 Å². The van der Waals surface area contributed by atoms with Gasteiger partial charge in [0, 0.05) is 43.7 Å². The Labute approximate surface area is 231 Å². The van der Waals surface area contributed by atoms with Crippen molar-refractivity contribution in [2.45, 2.75) is 38.1 Å².